The summed E-state index contributed by atoms with van der Waals surface area (Å²) in [5.41, 5.74) is 5.87. The van der Waals surface area contributed by atoms with Crippen molar-refractivity contribution in [3.63, 3.8) is 0 Å². The molecule has 1 aliphatic heterocycles. The van der Waals surface area contributed by atoms with Crippen molar-refractivity contribution in [2.75, 3.05) is 11.4 Å². The van der Waals surface area contributed by atoms with E-state index in [1.165, 1.54) is 29.8 Å². The lowest BCUT2D eigenvalue weighted by molar-refractivity contribution is 0.710. The molecule has 14 heavy (non-hydrogen) atoms. The number of anilines is 1. The largest absolute Gasteiger partial charge is 0.369 e. The van der Waals surface area contributed by atoms with E-state index in [0.717, 1.165) is 0 Å². The van der Waals surface area contributed by atoms with Crippen molar-refractivity contribution < 1.29 is 0 Å². The quantitative estimate of drug-likeness (QED) is 0.656. The Bertz CT molecular complexity index is 352. The smallest absolute Gasteiger partial charge is 0.0407 e. The van der Waals surface area contributed by atoms with Crippen LogP contribution < -0.4 is 4.90 Å². The summed E-state index contributed by atoms with van der Waals surface area (Å²) in [6, 6.07) is 5.25. The van der Waals surface area contributed by atoms with Crippen molar-refractivity contribution in [3.8, 4) is 0 Å². The van der Waals surface area contributed by atoms with Crippen LogP contribution in [0.5, 0.6) is 0 Å². The third-order valence-corrected chi connectivity index (χ3v) is 3.13. The van der Waals surface area contributed by atoms with Crippen molar-refractivity contribution in [2.45, 2.75) is 40.2 Å². The minimum Gasteiger partial charge on any atom is -0.369 e. The minimum atomic E-state index is 0.623. The molecule has 0 saturated carbocycles. The lowest BCUT2D eigenvalue weighted by atomic mass is 10.0. The Kier molecular flexibility index (Phi) is 2.26. The summed E-state index contributed by atoms with van der Waals surface area (Å²) in [4.78, 5) is 2.51. The standard InChI is InChI=1S/C13H19N/c1-9(2)14-6-5-12-11(4)7-10(3)8-13(12)14/h7-9H,5-6H2,1-4H3. The summed E-state index contributed by atoms with van der Waals surface area (Å²) < 4.78 is 0. The normalized spacial score (nSPS) is 15.1. The van der Waals surface area contributed by atoms with E-state index in [4.69, 9.17) is 0 Å². The highest BCUT2D eigenvalue weighted by Crippen LogP contribution is 2.32. The van der Waals surface area contributed by atoms with E-state index in [2.05, 4.69) is 44.7 Å². The van der Waals surface area contributed by atoms with E-state index in [-0.39, 0.29) is 0 Å². The van der Waals surface area contributed by atoms with Gasteiger partial charge in [-0.15, -0.1) is 0 Å². The molecule has 0 atom stereocenters. The van der Waals surface area contributed by atoms with Gasteiger partial charge in [-0.05, 0) is 56.9 Å². The molecule has 0 saturated heterocycles. The van der Waals surface area contributed by atoms with Gasteiger partial charge in [0, 0.05) is 18.3 Å². The summed E-state index contributed by atoms with van der Waals surface area (Å²) in [7, 11) is 0. The van der Waals surface area contributed by atoms with Crippen LogP contribution in [0.25, 0.3) is 0 Å². The summed E-state index contributed by atoms with van der Waals surface area (Å²) >= 11 is 0. The molecule has 0 unspecified atom stereocenters. The zero-order valence-corrected chi connectivity index (χ0v) is 9.59. The Morgan fingerprint density at radius 1 is 1.21 bits per heavy atom. The van der Waals surface area contributed by atoms with E-state index in [1.807, 2.05) is 0 Å². The van der Waals surface area contributed by atoms with Gasteiger partial charge in [-0.3, -0.25) is 0 Å². The Balaban J connectivity index is 2.49. The molecule has 0 N–H and O–H groups in total. The molecule has 0 radical (unpaired) electrons. The van der Waals surface area contributed by atoms with Crippen molar-refractivity contribution >= 4 is 5.69 Å². The van der Waals surface area contributed by atoms with Gasteiger partial charge in [0.15, 0.2) is 0 Å². The van der Waals surface area contributed by atoms with E-state index in [0.29, 0.717) is 6.04 Å². The molecular formula is C13H19N. The molecule has 1 heteroatoms. The second kappa shape index (κ2) is 3.30. The maximum atomic E-state index is 2.51. The number of hydrogen-bond donors (Lipinski definition) is 0. The van der Waals surface area contributed by atoms with Gasteiger partial charge in [0.2, 0.25) is 0 Å². The molecule has 76 valence electrons. The van der Waals surface area contributed by atoms with Crippen LogP contribution in [0.3, 0.4) is 0 Å². The maximum Gasteiger partial charge on any atom is 0.0407 e. The lowest BCUT2D eigenvalue weighted by Gasteiger charge is -2.24. The van der Waals surface area contributed by atoms with Gasteiger partial charge in [0.05, 0.1) is 0 Å². The number of nitrogens with zero attached hydrogens (tertiary/aromatic N) is 1. The van der Waals surface area contributed by atoms with Crippen LogP contribution in [0, 0.1) is 13.8 Å². The zero-order valence-electron chi connectivity index (χ0n) is 9.59. The number of fused-ring (bicyclic) bond motifs is 1. The zero-order chi connectivity index (χ0) is 10.3. The number of benzene rings is 1. The molecule has 1 aliphatic rings. The predicted molar refractivity (Wildman–Crippen MR) is 62.1 cm³/mol. The molecule has 1 aromatic rings. The van der Waals surface area contributed by atoms with Crippen LogP contribution in [0.2, 0.25) is 0 Å². The highest BCUT2D eigenvalue weighted by Gasteiger charge is 2.22. The summed E-state index contributed by atoms with van der Waals surface area (Å²) in [5, 5.41) is 0. The Hall–Kier alpha value is -0.980. The van der Waals surface area contributed by atoms with Crippen molar-refractivity contribution in [3.05, 3.63) is 28.8 Å². The number of hydrogen-bond acceptors (Lipinski definition) is 1. The van der Waals surface area contributed by atoms with Gasteiger partial charge >= 0.3 is 0 Å². The molecule has 1 aromatic carbocycles. The van der Waals surface area contributed by atoms with Gasteiger partial charge in [0.25, 0.3) is 0 Å². The van der Waals surface area contributed by atoms with Crippen molar-refractivity contribution in [1.82, 2.24) is 0 Å². The van der Waals surface area contributed by atoms with Gasteiger partial charge < -0.3 is 4.90 Å². The third-order valence-electron chi connectivity index (χ3n) is 3.13. The second-order valence-corrected chi connectivity index (χ2v) is 4.62. The fraction of sp³-hybridized carbons (Fsp3) is 0.538. The first kappa shape index (κ1) is 9.57. The molecule has 1 nitrogen and oxygen atoms in total. The van der Waals surface area contributed by atoms with E-state index in [1.54, 1.807) is 5.56 Å². The van der Waals surface area contributed by atoms with Gasteiger partial charge in [-0.2, -0.15) is 0 Å². The predicted octanol–water partition coefficient (Wildman–Crippen LogP) is 3.07. The Labute approximate surface area is 86.7 Å². The molecule has 0 spiro atoms. The monoisotopic (exact) mass is 189 g/mol. The summed E-state index contributed by atoms with van der Waals surface area (Å²) in [6.07, 6.45) is 1.22. The van der Waals surface area contributed by atoms with Gasteiger partial charge in [0.1, 0.15) is 0 Å². The molecular weight excluding hydrogens is 170 g/mol. The van der Waals surface area contributed by atoms with Crippen LogP contribution in [0.1, 0.15) is 30.5 Å². The van der Waals surface area contributed by atoms with E-state index in [9.17, 15) is 0 Å². The van der Waals surface area contributed by atoms with Crippen LogP contribution in [-0.4, -0.2) is 12.6 Å². The fourth-order valence-corrected chi connectivity index (χ4v) is 2.45. The fourth-order valence-electron chi connectivity index (χ4n) is 2.45. The molecule has 1 heterocycles. The number of aryl methyl sites for hydroxylation is 2. The molecule has 0 aliphatic carbocycles. The first-order chi connectivity index (χ1) is 6.59. The molecule has 0 bridgehead atoms. The Morgan fingerprint density at radius 2 is 1.93 bits per heavy atom. The molecule has 0 aromatic heterocycles. The lowest BCUT2D eigenvalue weighted by Crippen LogP contribution is -2.28. The van der Waals surface area contributed by atoms with Gasteiger partial charge in [-0.25, -0.2) is 0 Å². The molecule has 2 rings (SSSR count). The van der Waals surface area contributed by atoms with Crippen LogP contribution in [0.4, 0.5) is 5.69 Å². The molecule has 0 fully saturated rings. The first-order valence-electron chi connectivity index (χ1n) is 5.46. The highest BCUT2D eigenvalue weighted by atomic mass is 15.2. The van der Waals surface area contributed by atoms with Crippen LogP contribution >= 0.6 is 0 Å². The maximum absolute atomic E-state index is 2.51. The molecule has 0 amide bonds. The Morgan fingerprint density at radius 3 is 2.57 bits per heavy atom. The number of rotatable bonds is 1. The second-order valence-electron chi connectivity index (χ2n) is 4.62. The third kappa shape index (κ3) is 1.41. The minimum absolute atomic E-state index is 0.623. The average Bonchev–Trinajstić information content (AvgIpc) is 2.47. The van der Waals surface area contributed by atoms with Gasteiger partial charge in [-0.1, -0.05) is 6.07 Å². The summed E-state index contributed by atoms with van der Waals surface area (Å²) in [5.74, 6) is 0. The van der Waals surface area contributed by atoms with Crippen LogP contribution in [-0.2, 0) is 6.42 Å². The average molecular weight is 189 g/mol. The first-order valence-corrected chi connectivity index (χ1v) is 5.46. The summed E-state index contributed by atoms with van der Waals surface area (Å²) in [6.45, 7) is 10.1. The van der Waals surface area contributed by atoms with E-state index < -0.39 is 0 Å². The van der Waals surface area contributed by atoms with Crippen molar-refractivity contribution in [2.24, 2.45) is 0 Å². The topological polar surface area (TPSA) is 3.24 Å². The van der Waals surface area contributed by atoms with Crippen molar-refractivity contribution in [1.29, 1.82) is 0 Å². The highest BCUT2D eigenvalue weighted by molar-refractivity contribution is 5.62. The SMILES string of the molecule is Cc1cc(C)c2c(c1)N(C(C)C)CC2. The van der Waals surface area contributed by atoms with E-state index >= 15 is 0 Å². The van der Waals surface area contributed by atoms with Crippen LogP contribution in [0.15, 0.2) is 12.1 Å².